The fourth-order valence-corrected chi connectivity index (χ4v) is 5.73. The van der Waals surface area contributed by atoms with Gasteiger partial charge in [0.05, 0.1) is 16.5 Å². The minimum Gasteiger partial charge on any atom is -0.458 e. The van der Waals surface area contributed by atoms with Crippen LogP contribution >= 0.6 is 35.3 Å². The first-order chi connectivity index (χ1) is 18.5. The van der Waals surface area contributed by atoms with E-state index in [0.717, 1.165) is 23.9 Å². The molecule has 1 aliphatic heterocycles. The molecule has 0 bridgehead atoms. The molecule has 1 aromatic heterocycles. The third-order valence-electron chi connectivity index (χ3n) is 5.44. The third kappa shape index (κ3) is 8.12. The van der Waals surface area contributed by atoms with E-state index in [1.54, 1.807) is 38.3 Å². The average Bonchev–Trinajstić information content (AvgIpc) is 3.39. The molecule has 216 valence electrons. The molecule has 2 heterocycles. The van der Waals surface area contributed by atoms with Crippen LogP contribution in [-0.2, 0) is 25.3 Å². The lowest BCUT2D eigenvalue weighted by Gasteiger charge is -2.25. The van der Waals surface area contributed by atoms with Gasteiger partial charge in [0.1, 0.15) is 15.7 Å². The molecule has 14 heteroatoms. The molecule has 0 aliphatic carbocycles. The SMILES string of the molecule is C[C@@H](NC(=O)CCN1C(=O)C(=Cc2cc(-c3ccc(F)c(C(F)(F)F)c3)cs2)SC1=S)[C@H](O)C(=O)OC(C)(C)C. The second-order valence-corrected chi connectivity index (χ2v) is 12.5. The molecular weight excluding hydrogens is 592 g/mol. The summed E-state index contributed by atoms with van der Waals surface area (Å²) in [6, 6.07) is 3.38. The van der Waals surface area contributed by atoms with Crippen LogP contribution in [-0.4, -0.2) is 56.4 Å². The van der Waals surface area contributed by atoms with Crippen LogP contribution in [0.4, 0.5) is 17.6 Å². The number of esters is 1. The number of hydrogen-bond donors (Lipinski definition) is 2. The van der Waals surface area contributed by atoms with E-state index in [0.29, 0.717) is 10.4 Å². The number of thiophene rings is 1. The molecule has 40 heavy (non-hydrogen) atoms. The Morgan fingerprint density at radius 3 is 2.50 bits per heavy atom. The van der Waals surface area contributed by atoms with Crippen LogP contribution in [0.2, 0.25) is 0 Å². The van der Waals surface area contributed by atoms with Crippen LogP contribution in [0.3, 0.4) is 0 Å². The third-order valence-corrected chi connectivity index (χ3v) is 7.70. The summed E-state index contributed by atoms with van der Waals surface area (Å²) >= 11 is 7.47. The van der Waals surface area contributed by atoms with E-state index in [1.165, 1.54) is 29.2 Å². The molecule has 1 fully saturated rings. The minimum atomic E-state index is -4.83. The minimum absolute atomic E-state index is 0.0470. The van der Waals surface area contributed by atoms with Crippen LogP contribution in [0.25, 0.3) is 17.2 Å². The van der Waals surface area contributed by atoms with Gasteiger partial charge >= 0.3 is 12.1 Å². The fraction of sp³-hybridized carbons (Fsp3) is 0.385. The van der Waals surface area contributed by atoms with Crippen LogP contribution in [0, 0.1) is 5.82 Å². The predicted octanol–water partition coefficient (Wildman–Crippen LogP) is 5.37. The van der Waals surface area contributed by atoms with Gasteiger partial charge in [-0.05, 0) is 68.5 Å². The van der Waals surface area contributed by atoms with Gasteiger partial charge in [-0.15, -0.1) is 11.3 Å². The van der Waals surface area contributed by atoms with Gasteiger partial charge in [-0.3, -0.25) is 14.5 Å². The highest BCUT2D eigenvalue weighted by atomic mass is 32.2. The molecule has 0 radical (unpaired) electrons. The smallest absolute Gasteiger partial charge is 0.419 e. The molecule has 0 spiro atoms. The largest absolute Gasteiger partial charge is 0.458 e. The number of ether oxygens (including phenoxy) is 1. The molecular formula is C26H26F4N2O5S3. The lowest BCUT2D eigenvalue weighted by molar-refractivity contribution is -0.166. The Balaban J connectivity index is 1.61. The van der Waals surface area contributed by atoms with Crippen molar-refractivity contribution < 1.29 is 41.8 Å². The van der Waals surface area contributed by atoms with E-state index in [4.69, 9.17) is 17.0 Å². The van der Waals surface area contributed by atoms with Gasteiger partial charge in [0, 0.05) is 17.8 Å². The molecule has 2 aromatic rings. The number of hydrogen-bond acceptors (Lipinski definition) is 8. The summed E-state index contributed by atoms with van der Waals surface area (Å²) in [5.74, 6) is -3.20. The summed E-state index contributed by atoms with van der Waals surface area (Å²) in [5, 5.41) is 14.2. The van der Waals surface area contributed by atoms with Crippen molar-refractivity contribution in [2.75, 3.05) is 6.54 Å². The monoisotopic (exact) mass is 618 g/mol. The topological polar surface area (TPSA) is 95.9 Å². The molecule has 0 unspecified atom stereocenters. The molecule has 0 saturated carbocycles. The van der Waals surface area contributed by atoms with Crippen molar-refractivity contribution >= 4 is 63.5 Å². The van der Waals surface area contributed by atoms with Crippen LogP contribution in [0.1, 0.15) is 44.6 Å². The van der Waals surface area contributed by atoms with Crippen molar-refractivity contribution in [3.63, 3.8) is 0 Å². The van der Waals surface area contributed by atoms with Gasteiger partial charge in [-0.1, -0.05) is 30.0 Å². The number of benzene rings is 1. The van der Waals surface area contributed by atoms with Gasteiger partial charge in [0.15, 0.2) is 6.10 Å². The predicted molar refractivity (Wildman–Crippen MR) is 149 cm³/mol. The second kappa shape index (κ2) is 12.4. The molecule has 1 aliphatic rings. The Morgan fingerprint density at radius 1 is 1.20 bits per heavy atom. The first-order valence-electron chi connectivity index (χ1n) is 11.9. The number of aliphatic hydroxyl groups is 1. The molecule has 7 nitrogen and oxygen atoms in total. The number of aliphatic hydroxyl groups excluding tert-OH is 1. The number of thioether (sulfide) groups is 1. The van der Waals surface area contributed by atoms with Crippen molar-refractivity contribution in [1.82, 2.24) is 10.2 Å². The second-order valence-electron chi connectivity index (χ2n) is 9.85. The summed E-state index contributed by atoms with van der Waals surface area (Å²) in [6.45, 7) is 6.34. The number of amides is 2. The van der Waals surface area contributed by atoms with Gasteiger partial charge in [0.2, 0.25) is 5.91 Å². The maximum Gasteiger partial charge on any atom is 0.419 e. The van der Waals surface area contributed by atoms with E-state index < -0.39 is 53.1 Å². The summed E-state index contributed by atoms with van der Waals surface area (Å²) in [4.78, 5) is 39.4. The van der Waals surface area contributed by atoms with E-state index in [9.17, 15) is 37.1 Å². The first-order valence-corrected chi connectivity index (χ1v) is 14.0. The maximum absolute atomic E-state index is 13.6. The van der Waals surface area contributed by atoms with Gasteiger partial charge < -0.3 is 15.2 Å². The van der Waals surface area contributed by atoms with Crippen molar-refractivity contribution in [2.45, 2.75) is 58.0 Å². The van der Waals surface area contributed by atoms with E-state index >= 15 is 0 Å². The highest BCUT2D eigenvalue weighted by Gasteiger charge is 2.35. The standard InChI is InChI=1S/C26H26F4N2O5S3/c1-13(21(34)23(36)37-25(2,3)4)31-20(33)7-8-32-22(35)19(40-24(32)38)11-16-9-15(12-39-16)14-5-6-18(27)17(10-14)26(28,29)30/h5-6,9-13,21,34H,7-8H2,1-4H3,(H,31,33)/t13-,21+/m1/s1. The highest BCUT2D eigenvalue weighted by Crippen LogP contribution is 2.37. The number of alkyl halides is 3. The Labute approximate surface area is 241 Å². The van der Waals surface area contributed by atoms with Crippen molar-refractivity contribution in [3.05, 3.63) is 50.8 Å². The summed E-state index contributed by atoms with van der Waals surface area (Å²) in [6.07, 6.45) is -5.02. The summed E-state index contributed by atoms with van der Waals surface area (Å²) < 4.78 is 58.2. The van der Waals surface area contributed by atoms with Crippen molar-refractivity contribution in [3.8, 4) is 11.1 Å². The molecule has 2 amide bonds. The van der Waals surface area contributed by atoms with E-state index in [2.05, 4.69) is 5.32 Å². The number of carbonyl (C=O) groups is 3. The average molecular weight is 619 g/mol. The number of rotatable bonds is 8. The zero-order chi connectivity index (χ0) is 30.0. The van der Waals surface area contributed by atoms with Gasteiger partial charge in [-0.25, -0.2) is 9.18 Å². The van der Waals surface area contributed by atoms with Crippen LogP contribution in [0.15, 0.2) is 34.6 Å². The van der Waals surface area contributed by atoms with E-state index in [1.807, 2.05) is 0 Å². The molecule has 3 rings (SSSR count). The summed E-state index contributed by atoms with van der Waals surface area (Å²) in [5.41, 5.74) is -1.57. The molecule has 2 atom stereocenters. The molecule has 1 aromatic carbocycles. The first kappa shape index (κ1) is 31.7. The normalized spacial score (nSPS) is 16.8. The van der Waals surface area contributed by atoms with Crippen LogP contribution < -0.4 is 5.32 Å². The lowest BCUT2D eigenvalue weighted by Crippen LogP contribution is -2.47. The fourth-order valence-electron chi connectivity index (χ4n) is 3.51. The Bertz CT molecular complexity index is 1350. The Morgan fingerprint density at radius 2 is 1.88 bits per heavy atom. The Hall–Kier alpha value is -2.81. The maximum atomic E-state index is 13.6. The summed E-state index contributed by atoms with van der Waals surface area (Å²) in [7, 11) is 0. The van der Waals surface area contributed by atoms with Crippen LogP contribution in [0.5, 0.6) is 0 Å². The molecule has 2 N–H and O–H groups in total. The van der Waals surface area contributed by atoms with Gasteiger partial charge in [0.25, 0.3) is 5.91 Å². The van der Waals surface area contributed by atoms with Crippen molar-refractivity contribution in [1.29, 1.82) is 0 Å². The number of thiocarbonyl (C=S) groups is 1. The zero-order valence-electron chi connectivity index (χ0n) is 21.8. The Kier molecular flexibility index (Phi) is 9.81. The number of halogens is 4. The van der Waals surface area contributed by atoms with Crippen molar-refractivity contribution in [2.24, 2.45) is 0 Å². The molecule has 1 saturated heterocycles. The number of nitrogens with zero attached hydrogens (tertiary/aromatic N) is 1. The van der Waals surface area contributed by atoms with E-state index in [-0.39, 0.29) is 27.8 Å². The number of nitrogens with one attached hydrogen (secondary N) is 1. The highest BCUT2D eigenvalue weighted by molar-refractivity contribution is 8.26. The zero-order valence-corrected chi connectivity index (χ0v) is 24.2. The quantitative estimate of drug-likeness (QED) is 0.178. The lowest BCUT2D eigenvalue weighted by atomic mass is 10.0. The number of carbonyl (C=O) groups excluding carboxylic acids is 3. The van der Waals surface area contributed by atoms with Gasteiger partial charge in [-0.2, -0.15) is 13.2 Å².